The second kappa shape index (κ2) is 4.64. The lowest BCUT2D eigenvalue weighted by atomic mass is 10.3. The predicted octanol–water partition coefficient (Wildman–Crippen LogP) is 3.59. The van der Waals surface area contributed by atoms with Crippen LogP contribution in [0.2, 0.25) is 10.3 Å². The van der Waals surface area contributed by atoms with Crippen molar-refractivity contribution in [3.8, 4) is 11.6 Å². The summed E-state index contributed by atoms with van der Waals surface area (Å²) in [6.45, 7) is 0. The van der Waals surface area contributed by atoms with Crippen LogP contribution in [0.4, 0.5) is 4.39 Å². The largest absolute Gasteiger partial charge is 0.437 e. The Morgan fingerprint density at radius 1 is 1.21 bits per heavy atom. The van der Waals surface area contributed by atoms with Crippen LogP contribution < -0.4 is 4.74 Å². The van der Waals surface area contributed by atoms with Crippen molar-refractivity contribution >= 4 is 34.4 Å². The summed E-state index contributed by atoms with van der Waals surface area (Å²) in [6, 6.07) is 3.97. The quantitative estimate of drug-likeness (QED) is 0.734. The van der Waals surface area contributed by atoms with Crippen LogP contribution in [0, 0.1) is 5.82 Å². The van der Waals surface area contributed by atoms with Crippen LogP contribution >= 0.6 is 23.2 Å². The number of rotatable bonds is 2. The summed E-state index contributed by atoms with van der Waals surface area (Å²) >= 11 is 11.4. The third-order valence-electron chi connectivity index (χ3n) is 2.33. The molecule has 0 bridgehead atoms. The van der Waals surface area contributed by atoms with E-state index in [9.17, 15) is 4.39 Å². The highest BCUT2D eigenvalue weighted by Gasteiger charge is 2.12. The number of halogens is 3. The molecule has 0 atom stereocenters. The summed E-state index contributed by atoms with van der Waals surface area (Å²) in [5, 5.41) is -0.0404. The van der Waals surface area contributed by atoms with Gasteiger partial charge < -0.3 is 9.72 Å². The van der Waals surface area contributed by atoms with E-state index < -0.39 is 5.82 Å². The van der Waals surface area contributed by atoms with Gasteiger partial charge >= 0.3 is 0 Å². The number of hydrogen-bond donors (Lipinski definition) is 1. The molecule has 0 saturated carbocycles. The first-order chi connectivity index (χ1) is 9.13. The molecule has 19 heavy (non-hydrogen) atoms. The Kier molecular flexibility index (Phi) is 2.96. The van der Waals surface area contributed by atoms with Crippen LogP contribution in [-0.4, -0.2) is 19.9 Å². The molecule has 0 fully saturated rings. The molecular weight excluding hydrogens is 294 g/mol. The van der Waals surface area contributed by atoms with Crippen molar-refractivity contribution in [2.75, 3.05) is 0 Å². The van der Waals surface area contributed by atoms with Gasteiger partial charge in [0.15, 0.2) is 5.65 Å². The van der Waals surface area contributed by atoms with Crippen molar-refractivity contribution < 1.29 is 9.13 Å². The Morgan fingerprint density at radius 2 is 2.05 bits per heavy atom. The Morgan fingerprint density at radius 3 is 2.84 bits per heavy atom. The van der Waals surface area contributed by atoms with Crippen LogP contribution in [0.5, 0.6) is 11.6 Å². The Hall–Kier alpha value is -1.92. The predicted molar refractivity (Wildman–Crippen MR) is 68.2 cm³/mol. The zero-order valence-electron chi connectivity index (χ0n) is 9.19. The highest BCUT2D eigenvalue weighted by molar-refractivity contribution is 6.30. The SMILES string of the molecule is Fc1ccc(Oc2nc(Cl)nc3nc[nH]c23)cc1Cl. The molecule has 0 unspecified atom stereocenters. The summed E-state index contributed by atoms with van der Waals surface area (Å²) < 4.78 is 18.6. The molecule has 1 aromatic carbocycles. The molecule has 96 valence electrons. The van der Waals surface area contributed by atoms with Gasteiger partial charge in [-0.15, -0.1) is 0 Å². The number of benzene rings is 1. The highest BCUT2D eigenvalue weighted by Crippen LogP contribution is 2.28. The van der Waals surface area contributed by atoms with Crippen LogP contribution in [-0.2, 0) is 0 Å². The van der Waals surface area contributed by atoms with Gasteiger partial charge in [-0.1, -0.05) is 11.6 Å². The molecule has 2 heterocycles. The van der Waals surface area contributed by atoms with E-state index in [0.29, 0.717) is 16.9 Å². The van der Waals surface area contributed by atoms with Gasteiger partial charge in [0.05, 0.1) is 11.3 Å². The number of H-pyrrole nitrogens is 1. The van der Waals surface area contributed by atoms with E-state index in [-0.39, 0.29) is 16.2 Å². The summed E-state index contributed by atoms with van der Waals surface area (Å²) in [4.78, 5) is 14.7. The molecular formula is C11H5Cl2FN4O. The van der Waals surface area contributed by atoms with Crippen LogP contribution in [0.1, 0.15) is 0 Å². The van der Waals surface area contributed by atoms with E-state index in [4.69, 9.17) is 27.9 Å². The molecule has 0 radical (unpaired) electrons. The van der Waals surface area contributed by atoms with E-state index in [2.05, 4.69) is 19.9 Å². The Labute approximate surface area is 116 Å². The number of ether oxygens (including phenoxy) is 1. The van der Waals surface area contributed by atoms with E-state index in [1.54, 1.807) is 0 Å². The maximum absolute atomic E-state index is 13.1. The van der Waals surface area contributed by atoms with Gasteiger partial charge in [-0.25, -0.2) is 9.37 Å². The molecule has 0 aliphatic heterocycles. The summed E-state index contributed by atoms with van der Waals surface area (Å²) in [5.41, 5.74) is 0.869. The Bertz CT molecular complexity index is 762. The third-order valence-corrected chi connectivity index (χ3v) is 2.79. The lowest BCUT2D eigenvalue weighted by molar-refractivity contribution is 0.465. The minimum Gasteiger partial charge on any atom is -0.437 e. The first-order valence-electron chi connectivity index (χ1n) is 5.13. The number of imidazole rings is 1. The first kappa shape index (κ1) is 12.1. The van der Waals surface area contributed by atoms with Crippen molar-refractivity contribution in [1.82, 2.24) is 19.9 Å². The molecule has 0 aliphatic rings. The van der Waals surface area contributed by atoms with Gasteiger partial charge in [0, 0.05) is 6.07 Å². The second-order valence-electron chi connectivity index (χ2n) is 3.58. The number of nitrogens with zero attached hydrogens (tertiary/aromatic N) is 3. The summed E-state index contributed by atoms with van der Waals surface area (Å²) in [6.07, 6.45) is 1.44. The number of fused-ring (bicyclic) bond motifs is 1. The fraction of sp³-hybridized carbons (Fsp3) is 0. The van der Waals surface area contributed by atoms with Gasteiger partial charge in [-0.2, -0.15) is 9.97 Å². The number of aromatic amines is 1. The number of aromatic nitrogens is 4. The van der Waals surface area contributed by atoms with Gasteiger partial charge in [0.2, 0.25) is 11.2 Å². The molecule has 0 amide bonds. The maximum atomic E-state index is 13.1. The van der Waals surface area contributed by atoms with Crippen molar-refractivity contribution in [3.05, 3.63) is 40.6 Å². The fourth-order valence-corrected chi connectivity index (χ4v) is 1.83. The second-order valence-corrected chi connectivity index (χ2v) is 4.32. The molecule has 2 aromatic heterocycles. The normalized spacial score (nSPS) is 10.9. The zero-order valence-corrected chi connectivity index (χ0v) is 10.7. The zero-order chi connectivity index (χ0) is 13.4. The van der Waals surface area contributed by atoms with E-state index >= 15 is 0 Å². The first-order valence-corrected chi connectivity index (χ1v) is 5.88. The van der Waals surface area contributed by atoms with Crippen molar-refractivity contribution in [1.29, 1.82) is 0 Å². The molecule has 1 N–H and O–H groups in total. The van der Waals surface area contributed by atoms with Crippen LogP contribution in [0.15, 0.2) is 24.5 Å². The van der Waals surface area contributed by atoms with Crippen molar-refractivity contribution in [2.24, 2.45) is 0 Å². The summed E-state index contributed by atoms with van der Waals surface area (Å²) in [7, 11) is 0. The Balaban J connectivity index is 2.04. The molecule has 0 spiro atoms. The topological polar surface area (TPSA) is 63.7 Å². The van der Waals surface area contributed by atoms with Gasteiger partial charge in [0.1, 0.15) is 17.1 Å². The summed E-state index contributed by atoms with van der Waals surface area (Å²) in [5.74, 6) is -0.00587. The van der Waals surface area contributed by atoms with E-state index in [0.717, 1.165) is 0 Å². The lowest BCUT2D eigenvalue weighted by Crippen LogP contribution is -1.93. The van der Waals surface area contributed by atoms with Gasteiger partial charge in [0.25, 0.3) is 0 Å². The minimum atomic E-state index is -0.526. The molecule has 8 heteroatoms. The monoisotopic (exact) mass is 298 g/mol. The van der Waals surface area contributed by atoms with Gasteiger partial charge in [-0.3, -0.25) is 0 Å². The smallest absolute Gasteiger partial charge is 0.250 e. The average molecular weight is 299 g/mol. The number of nitrogens with one attached hydrogen (secondary N) is 1. The maximum Gasteiger partial charge on any atom is 0.250 e. The molecule has 0 saturated heterocycles. The highest BCUT2D eigenvalue weighted by atomic mass is 35.5. The molecule has 3 rings (SSSR count). The standard InChI is InChI=1S/C11H5Cl2FN4O/c12-6-3-5(1-2-7(6)14)19-10-8-9(16-4-15-8)17-11(13)18-10/h1-4H,(H,15,16,17,18). The molecule has 0 aliphatic carbocycles. The third kappa shape index (κ3) is 2.32. The van der Waals surface area contributed by atoms with E-state index in [1.807, 2.05) is 0 Å². The van der Waals surface area contributed by atoms with E-state index in [1.165, 1.54) is 24.5 Å². The molecule has 3 aromatic rings. The van der Waals surface area contributed by atoms with Crippen LogP contribution in [0.25, 0.3) is 11.2 Å². The van der Waals surface area contributed by atoms with Gasteiger partial charge in [-0.05, 0) is 23.7 Å². The van der Waals surface area contributed by atoms with Crippen molar-refractivity contribution in [3.63, 3.8) is 0 Å². The number of hydrogen-bond acceptors (Lipinski definition) is 4. The minimum absolute atomic E-state index is 0.00260. The fourth-order valence-electron chi connectivity index (χ4n) is 1.51. The van der Waals surface area contributed by atoms with Crippen molar-refractivity contribution in [2.45, 2.75) is 0 Å². The molecule has 5 nitrogen and oxygen atoms in total. The lowest BCUT2D eigenvalue weighted by Gasteiger charge is -2.06. The average Bonchev–Trinajstić information content (AvgIpc) is 2.82. The van der Waals surface area contributed by atoms with Crippen LogP contribution in [0.3, 0.4) is 0 Å².